The molecule has 7 heteroatoms. The summed E-state index contributed by atoms with van der Waals surface area (Å²) in [7, 11) is 0. The van der Waals surface area contributed by atoms with Crippen LogP contribution < -0.4 is 9.64 Å². The molecule has 2 aromatic carbocycles. The second-order valence-electron chi connectivity index (χ2n) is 10.9. The number of halogens is 2. The molecule has 0 radical (unpaired) electrons. The van der Waals surface area contributed by atoms with Crippen LogP contribution in [-0.2, 0) is 11.8 Å². The number of nitrogens with zero attached hydrogens (tertiary/aromatic N) is 1. The molecule has 0 amide bonds. The topological polar surface area (TPSA) is 70.0 Å². The first-order chi connectivity index (χ1) is 17.8. The summed E-state index contributed by atoms with van der Waals surface area (Å²) in [6.45, 7) is 3.77. The maximum Gasteiger partial charge on any atom is 0.338 e. The number of unbranched alkanes of at least 4 members (excludes halogenated alkanes) is 1. The van der Waals surface area contributed by atoms with Gasteiger partial charge in [-0.25, -0.2) is 9.18 Å². The summed E-state index contributed by atoms with van der Waals surface area (Å²) in [6.07, 6.45) is 10.2. The zero-order valence-corrected chi connectivity index (χ0v) is 22.0. The third kappa shape index (κ3) is 5.10. The fourth-order valence-electron chi connectivity index (χ4n) is 6.40. The highest BCUT2D eigenvalue weighted by Gasteiger charge is 2.44. The minimum atomic E-state index is -1.30. The molecule has 198 valence electrons. The molecule has 4 atom stereocenters. The van der Waals surface area contributed by atoms with E-state index in [0.717, 1.165) is 44.9 Å². The average molecular weight is 528 g/mol. The van der Waals surface area contributed by atoms with Crippen molar-refractivity contribution < 1.29 is 24.1 Å². The SMILES string of the molecule is CCC/C=C/C(O)[C@@H]1CC[C@H]1CN1C[C@@]2(CCCc3cc(Cl)ccc32)COc2cc(F)c(C(=O)O)cc21. The molecule has 1 saturated carbocycles. The van der Waals surface area contributed by atoms with E-state index in [2.05, 4.69) is 24.0 Å². The Hall–Kier alpha value is -2.57. The number of carbonyl (C=O) groups is 1. The average Bonchev–Trinajstić information content (AvgIpc) is 2.98. The van der Waals surface area contributed by atoms with Crippen LogP contribution in [0.4, 0.5) is 10.1 Å². The second kappa shape index (κ2) is 10.7. The van der Waals surface area contributed by atoms with Crippen molar-refractivity contribution in [3.8, 4) is 5.75 Å². The molecule has 3 aliphatic rings. The van der Waals surface area contributed by atoms with E-state index in [0.29, 0.717) is 36.2 Å². The second-order valence-corrected chi connectivity index (χ2v) is 11.4. The van der Waals surface area contributed by atoms with Gasteiger partial charge in [-0.3, -0.25) is 0 Å². The Bertz CT molecular complexity index is 1200. The van der Waals surface area contributed by atoms with Crippen LogP contribution in [-0.4, -0.2) is 42.0 Å². The third-order valence-electron chi connectivity index (χ3n) is 8.52. The smallest absolute Gasteiger partial charge is 0.338 e. The monoisotopic (exact) mass is 527 g/mol. The molecule has 1 heterocycles. The summed E-state index contributed by atoms with van der Waals surface area (Å²) in [5.74, 6) is -1.32. The van der Waals surface area contributed by atoms with Gasteiger partial charge in [-0.2, -0.15) is 0 Å². The molecular formula is C30H35ClFNO4. The number of ether oxygens (including phenoxy) is 1. The Morgan fingerprint density at radius 1 is 1.32 bits per heavy atom. The number of carboxylic acid groups (broad SMARTS) is 1. The predicted octanol–water partition coefficient (Wildman–Crippen LogP) is 6.39. The molecule has 2 aromatic rings. The molecule has 1 fully saturated rings. The summed E-state index contributed by atoms with van der Waals surface area (Å²) >= 11 is 6.32. The molecule has 2 N–H and O–H groups in total. The molecule has 0 aromatic heterocycles. The first-order valence-electron chi connectivity index (χ1n) is 13.4. The van der Waals surface area contributed by atoms with Crippen LogP contribution in [0.5, 0.6) is 5.75 Å². The Labute approximate surface area is 222 Å². The molecule has 0 saturated heterocycles. The lowest BCUT2D eigenvalue weighted by molar-refractivity contribution is 0.0456. The van der Waals surface area contributed by atoms with Gasteiger partial charge >= 0.3 is 5.97 Å². The molecular weight excluding hydrogens is 493 g/mol. The van der Waals surface area contributed by atoms with E-state index in [4.69, 9.17) is 16.3 Å². The third-order valence-corrected chi connectivity index (χ3v) is 8.75. The standard InChI is InChI=1S/C30H35ClFNO4/c1-2-3-4-7-27(34)22-10-8-20(22)16-33-17-30(12-5-6-19-13-21(31)9-11-24(19)30)18-37-28-15-25(32)23(29(35)36)14-26(28)33/h4,7,9,11,13-15,20,22,27,34H,2-3,5-6,8,10,12,16-18H2,1H3,(H,35,36)/b7-4+/t20-,22+,27?,30-/m0/s1. The fourth-order valence-corrected chi connectivity index (χ4v) is 6.59. The Morgan fingerprint density at radius 3 is 2.89 bits per heavy atom. The summed E-state index contributed by atoms with van der Waals surface area (Å²) in [4.78, 5) is 14.0. The maximum atomic E-state index is 14.7. The first-order valence-corrected chi connectivity index (χ1v) is 13.8. The van der Waals surface area contributed by atoms with Crippen LogP contribution in [0.15, 0.2) is 42.5 Å². The van der Waals surface area contributed by atoms with Crippen molar-refractivity contribution in [1.82, 2.24) is 0 Å². The number of benzene rings is 2. The van der Waals surface area contributed by atoms with Crippen LogP contribution in [0, 0.1) is 17.7 Å². The lowest BCUT2D eigenvalue weighted by Gasteiger charge is -2.45. The number of hydrogen-bond acceptors (Lipinski definition) is 4. The summed E-state index contributed by atoms with van der Waals surface area (Å²) in [6, 6.07) is 8.67. The largest absolute Gasteiger partial charge is 0.490 e. The van der Waals surface area contributed by atoms with E-state index in [1.54, 1.807) is 0 Å². The van der Waals surface area contributed by atoms with Gasteiger partial charge in [0.15, 0.2) is 0 Å². The zero-order chi connectivity index (χ0) is 26.2. The van der Waals surface area contributed by atoms with E-state index in [1.165, 1.54) is 23.3 Å². The van der Waals surface area contributed by atoms with E-state index >= 15 is 0 Å². The van der Waals surface area contributed by atoms with Crippen molar-refractivity contribution in [2.75, 3.05) is 24.6 Å². The molecule has 37 heavy (non-hydrogen) atoms. The Morgan fingerprint density at radius 2 is 2.16 bits per heavy atom. The number of aliphatic hydroxyl groups is 1. The lowest BCUT2D eigenvalue weighted by Crippen LogP contribution is -2.49. The minimum Gasteiger partial charge on any atom is -0.490 e. The number of hydrogen-bond donors (Lipinski definition) is 2. The fraction of sp³-hybridized carbons (Fsp3) is 0.500. The Balaban J connectivity index is 1.51. The summed E-state index contributed by atoms with van der Waals surface area (Å²) in [5.41, 5.74) is 2.34. The van der Waals surface area contributed by atoms with Crippen LogP contribution in [0.3, 0.4) is 0 Å². The van der Waals surface area contributed by atoms with Gasteiger partial charge < -0.3 is 19.8 Å². The number of aromatic carboxylic acids is 1. The van der Waals surface area contributed by atoms with Gasteiger partial charge in [0.1, 0.15) is 11.6 Å². The number of fused-ring (bicyclic) bond motifs is 3. The predicted molar refractivity (Wildman–Crippen MR) is 143 cm³/mol. The molecule has 0 bridgehead atoms. The molecule has 5 nitrogen and oxygen atoms in total. The van der Waals surface area contributed by atoms with Crippen molar-refractivity contribution in [2.45, 2.75) is 63.4 Å². The van der Waals surface area contributed by atoms with Gasteiger partial charge in [0.25, 0.3) is 0 Å². The molecule has 5 rings (SSSR count). The summed E-state index contributed by atoms with van der Waals surface area (Å²) in [5, 5.41) is 21.2. The number of rotatable bonds is 7. The highest BCUT2D eigenvalue weighted by molar-refractivity contribution is 6.30. The van der Waals surface area contributed by atoms with E-state index in [9.17, 15) is 19.4 Å². The van der Waals surface area contributed by atoms with E-state index in [-0.39, 0.29) is 22.8 Å². The van der Waals surface area contributed by atoms with Crippen LogP contribution in [0.2, 0.25) is 5.02 Å². The van der Waals surface area contributed by atoms with Gasteiger partial charge in [0.05, 0.1) is 24.0 Å². The lowest BCUT2D eigenvalue weighted by atomic mass is 9.68. The number of allylic oxidation sites excluding steroid dienone is 1. The van der Waals surface area contributed by atoms with Gasteiger partial charge in [-0.1, -0.05) is 43.2 Å². The minimum absolute atomic E-state index is 0.147. The Kier molecular flexibility index (Phi) is 7.51. The molecule has 1 unspecified atom stereocenters. The normalized spacial score (nSPS) is 25.7. The quantitative estimate of drug-likeness (QED) is 0.408. The summed E-state index contributed by atoms with van der Waals surface area (Å²) < 4.78 is 21.0. The molecule has 1 spiro atoms. The number of anilines is 1. The van der Waals surface area contributed by atoms with E-state index < -0.39 is 17.9 Å². The zero-order valence-electron chi connectivity index (χ0n) is 21.3. The number of carboxylic acids is 1. The van der Waals surface area contributed by atoms with Crippen LogP contribution in [0.1, 0.15) is 66.9 Å². The van der Waals surface area contributed by atoms with Crippen molar-refractivity contribution in [3.63, 3.8) is 0 Å². The highest BCUT2D eigenvalue weighted by Crippen LogP contribution is 2.47. The van der Waals surface area contributed by atoms with Gasteiger partial charge in [0.2, 0.25) is 0 Å². The molecule has 2 aliphatic carbocycles. The molecule has 1 aliphatic heterocycles. The van der Waals surface area contributed by atoms with Crippen molar-refractivity contribution in [2.24, 2.45) is 11.8 Å². The van der Waals surface area contributed by atoms with Crippen molar-refractivity contribution in [3.05, 3.63) is 70.0 Å². The number of aliphatic hydroxyl groups excluding tert-OH is 1. The van der Waals surface area contributed by atoms with Gasteiger partial charge in [0, 0.05) is 29.6 Å². The highest BCUT2D eigenvalue weighted by atomic mass is 35.5. The first kappa shape index (κ1) is 26.1. The van der Waals surface area contributed by atoms with E-state index in [1.807, 2.05) is 18.2 Å². The van der Waals surface area contributed by atoms with Crippen molar-refractivity contribution >= 4 is 23.3 Å². The van der Waals surface area contributed by atoms with Crippen molar-refractivity contribution in [1.29, 1.82) is 0 Å². The van der Waals surface area contributed by atoms with Gasteiger partial charge in [-0.05, 0) is 79.7 Å². The van der Waals surface area contributed by atoms with Crippen LogP contribution in [0.25, 0.3) is 0 Å². The maximum absolute atomic E-state index is 14.7. The number of aryl methyl sites for hydroxylation is 1. The van der Waals surface area contributed by atoms with Crippen LogP contribution >= 0.6 is 11.6 Å². The van der Waals surface area contributed by atoms with Gasteiger partial charge in [-0.15, -0.1) is 0 Å².